The average molecular weight is 307 g/mol. The van der Waals surface area contributed by atoms with Crippen molar-refractivity contribution >= 4 is 23.5 Å². The Morgan fingerprint density at radius 3 is 2.65 bits per heavy atom. The highest BCUT2D eigenvalue weighted by molar-refractivity contribution is 7.98. The number of alkyl halides is 3. The summed E-state index contributed by atoms with van der Waals surface area (Å²) in [7, 11) is 0. The van der Waals surface area contributed by atoms with E-state index in [2.05, 4.69) is 10.3 Å². The Hall–Kier alpha value is -1.44. The summed E-state index contributed by atoms with van der Waals surface area (Å²) in [5.41, 5.74) is 4.03. The predicted octanol–water partition coefficient (Wildman–Crippen LogP) is 2.61. The van der Waals surface area contributed by atoms with E-state index < -0.39 is 17.8 Å². The van der Waals surface area contributed by atoms with Crippen molar-refractivity contribution in [1.29, 1.82) is 0 Å². The molecule has 0 saturated heterocycles. The standard InChI is InChI=1S/C12H16F3N3OS/c1-7(6-20-2)5-17-11-8(10(16)19)3-4-9(18-11)12(13,14)15/h3-4,7H,5-6H2,1-2H3,(H2,16,19)(H,17,18). The summed E-state index contributed by atoms with van der Waals surface area (Å²) in [4.78, 5) is 14.7. The molecule has 4 nitrogen and oxygen atoms in total. The number of amides is 1. The van der Waals surface area contributed by atoms with Gasteiger partial charge < -0.3 is 11.1 Å². The second kappa shape index (κ2) is 6.83. The van der Waals surface area contributed by atoms with Crippen LogP contribution in [0, 0.1) is 5.92 Å². The minimum Gasteiger partial charge on any atom is -0.369 e. The number of nitrogens with one attached hydrogen (secondary N) is 1. The minimum atomic E-state index is -4.56. The molecule has 1 amide bonds. The Bertz CT molecular complexity index is 480. The molecule has 0 aliphatic carbocycles. The van der Waals surface area contributed by atoms with Crippen molar-refractivity contribution in [3.8, 4) is 0 Å². The number of aromatic nitrogens is 1. The number of pyridine rings is 1. The van der Waals surface area contributed by atoms with E-state index in [1.165, 1.54) is 0 Å². The van der Waals surface area contributed by atoms with Crippen LogP contribution in [0.4, 0.5) is 19.0 Å². The molecule has 0 spiro atoms. The van der Waals surface area contributed by atoms with Crippen LogP contribution in [0.1, 0.15) is 23.0 Å². The van der Waals surface area contributed by atoms with Crippen LogP contribution in [0.15, 0.2) is 12.1 Å². The number of thioether (sulfide) groups is 1. The molecule has 0 radical (unpaired) electrons. The fourth-order valence-corrected chi connectivity index (χ4v) is 2.25. The highest BCUT2D eigenvalue weighted by atomic mass is 32.2. The van der Waals surface area contributed by atoms with E-state index in [1.54, 1.807) is 11.8 Å². The normalized spacial score (nSPS) is 13.1. The number of nitrogens with two attached hydrogens (primary N) is 1. The lowest BCUT2D eigenvalue weighted by Crippen LogP contribution is -2.21. The van der Waals surface area contributed by atoms with Crippen molar-refractivity contribution in [3.05, 3.63) is 23.4 Å². The largest absolute Gasteiger partial charge is 0.433 e. The van der Waals surface area contributed by atoms with Gasteiger partial charge >= 0.3 is 6.18 Å². The molecule has 1 aromatic rings. The second-order valence-corrected chi connectivity index (χ2v) is 5.31. The number of carbonyl (C=O) groups is 1. The van der Waals surface area contributed by atoms with Gasteiger partial charge in [0.05, 0.1) is 5.56 Å². The first-order valence-electron chi connectivity index (χ1n) is 5.86. The van der Waals surface area contributed by atoms with E-state index in [1.807, 2.05) is 13.2 Å². The Kier molecular flexibility index (Phi) is 5.67. The number of halogens is 3. The number of nitrogens with zero attached hydrogens (tertiary/aromatic N) is 1. The number of carbonyl (C=O) groups excluding carboxylic acids is 1. The Balaban J connectivity index is 2.98. The molecule has 0 saturated carbocycles. The Morgan fingerprint density at radius 1 is 1.50 bits per heavy atom. The molecule has 0 aliphatic rings. The Morgan fingerprint density at radius 2 is 2.15 bits per heavy atom. The maximum atomic E-state index is 12.6. The van der Waals surface area contributed by atoms with E-state index >= 15 is 0 Å². The molecular formula is C12H16F3N3OS. The molecule has 3 N–H and O–H groups in total. The molecule has 1 rings (SSSR count). The van der Waals surface area contributed by atoms with Gasteiger partial charge in [-0.3, -0.25) is 4.79 Å². The van der Waals surface area contributed by atoms with E-state index in [0.29, 0.717) is 6.54 Å². The molecular weight excluding hydrogens is 291 g/mol. The lowest BCUT2D eigenvalue weighted by atomic mass is 10.2. The molecule has 0 aliphatic heterocycles. The van der Waals surface area contributed by atoms with Gasteiger partial charge in [0.2, 0.25) is 0 Å². The van der Waals surface area contributed by atoms with Crippen LogP contribution >= 0.6 is 11.8 Å². The van der Waals surface area contributed by atoms with E-state index in [-0.39, 0.29) is 17.3 Å². The molecule has 1 atom stereocenters. The van der Waals surface area contributed by atoms with Crippen molar-refractivity contribution < 1.29 is 18.0 Å². The van der Waals surface area contributed by atoms with Gasteiger partial charge in [0.15, 0.2) is 0 Å². The lowest BCUT2D eigenvalue weighted by Gasteiger charge is -2.15. The van der Waals surface area contributed by atoms with Crippen LogP contribution in [0.25, 0.3) is 0 Å². The third kappa shape index (κ3) is 4.59. The van der Waals surface area contributed by atoms with Crippen LogP contribution < -0.4 is 11.1 Å². The highest BCUT2D eigenvalue weighted by Crippen LogP contribution is 2.29. The van der Waals surface area contributed by atoms with Gasteiger partial charge in [-0.2, -0.15) is 24.9 Å². The molecule has 0 bridgehead atoms. The van der Waals surface area contributed by atoms with Crippen molar-refractivity contribution in [2.75, 3.05) is 23.9 Å². The lowest BCUT2D eigenvalue weighted by molar-refractivity contribution is -0.141. The van der Waals surface area contributed by atoms with E-state index in [9.17, 15) is 18.0 Å². The summed E-state index contributed by atoms with van der Waals surface area (Å²) in [5, 5.41) is 2.77. The zero-order valence-electron chi connectivity index (χ0n) is 11.1. The van der Waals surface area contributed by atoms with E-state index in [0.717, 1.165) is 17.9 Å². The third-order valence-corrected chi connectivity index (χ3v) is 3.42. The number of hydrogen-bond acceptors (Lipinski definition) is 4. The van der Waals surface area contributed by atoms with Crippen LogP contribution in [0.3, 0.4) is 0 Å². The summed E-state index contributed by atoms with van der Waals surface area (Å²) in [6.07, 6.45) is -2.62. The van der Waals surface area contributed by atoms with Crippen molar-refractivity contribution in [3.63, 3.8) is 0 Å². The summed E-state index contributed by atoms with van der Waals surface area (Å²) in [5.74, 6) is 0.131. The van der Waals surface area contributed by atoms with Gasteiger partial charge in [-0.25, -0.2) is 4.98 Å². The Labute approximate surface area is 119 Å². The van der Waals surface area contributed by atoms with E-state index in [4.69, 9.17) is 5.73 Å². The zero-order chi connectivity index (χ0) is 15.3. The first-order valence-corrected chi connectivity index (χ1v) is 7.26. The molecule has 112 valence electrons. The number of anilines is 1. The van der Waals surface area contributed by atoms with Gasteiger partial charge in [-0.1, -0.05) is 6.92 Å². The van der Waals surface area contributed by atoms with Crippen LogP contribution in [0.5, 0.6) is 0 Å². The zero-order valence-corrected chi connectivity index (χ0v) is 11.9. The number of rotatable bonds is 6. The highest BCUT2D eigenvalue weighted by Gasteiger charge is 2.33. The molecule has 1 heterocycles. The first kappa shape index (κ1) is 16.6. The number of primary amides is 1. The smallest absolute Gasteiger partial charge is 0.369 e. The first-order chi connectivity index (χ1) is 9.25. The summed E-state index contributed by atoms with van der Waals surface area (Å²) >= 11 is 1.63. The molecule has 1 unspecified atom stereocenters. The fraction of sp³-hybridized carbons (Fsp3) is 0.500. The molecule has 0 fully saturated rings. The van der Waals surface area contributed by atoms with Gasteiger partial charge in [-0.15, -0.1) is 0 Å². The summed E-state index contributed by atoms with van der Waals surface area (Å²) in [6, 6.07) is 1.79. The average Bonchev–Trinajstić information content (AvgIpc) is 2.35. The summed E-state index contributed by atoms with van der Waals surface area (Å²) in [6.45, 7) is 2.36. The van der Waals surface area contributed by atoms with Crippen LogP contribution in [0.2, 0.25) is 0 Å². The third-order valence-electron chi connectivity index (χ3n) is 2.52. The van der Waals surface area contributed by atoms with Gasteiger partial charge in [0, 0.05) is 6.54 Å². The maximum absolute atomic E-state index is 12.6. The topological polar surface area (TPSA) is 68.0 Å². The minimum absolute atomic E-state index is 0.0469. The SMILES string of the molecule is CSCC(C)CNc1nc(C(F)(F)F)ccc1C(N)=O. The summed E-state index contributed by atoms with van der Waals surface area (Å²) < 4.78 is 37.8. The van der Waals surface area contributed by atoms with Crippen LogP contribution in [-0.4, -0.2) is 29.4 Å². The van der Waals surface area contributed by atoms with Crippen molar-refractivity contribution in [2.24, 2.45) is 11.7 Å². The fourth-order valence-electron chi connectivity index (χ4n) is 1.56. The maximum Gasteiger partial charge on any atom is 0.433 e. The van der Waals surface area contributed by atoms with Crippen molar-refractivity contribution in [2.45, 2.75) is 13.1 Å². The van der Waals surface area contributed by atoms with Crippen molar-refractivity contribution in [1.82, 2.24) is 4.98 Å². The molecule has 20 heavy (non-hydrogen) atoms. The number of hydrogen-bond donors (Lipinski definition) is 2. The van der Waals surface area contributed by atoms with Gasteiger partial charge in [0.25, 0.3) is 5.91 Å². The van der Waals surface area contributed by atoms with Gasteiger partial charge in [-0.05, 0) is 30.1 Å². The predicted molar refractivity (Wildman–Crippen MR) is 73.8 cm³/mol. The van der Waals surface area contributed by atoms with Crippen LogP contribution in [-0.2, 0) is 6.18 Å². The monoisotopic (exact) mass is 307 g/mol. The molecule has 0 aromatic carbocycles. The second-order valence-electron chi connectivity index (χ2n) is 4.40. The molecule has 1 aromatic heterocycles. The quantitative estimate of drug-likeness (QED) is 0.847. The molecule has 8 heteroatoms. The van der Waals surface area contributed by atoms with Gasteiger partial charge in [0.1, 0.15) is 11.5 Å².